The van der Waals surface area contributed by atoms with Gasteiger partial charge in [-0.2, -0.15) is 10.4 Å². The van der Waals surface area contributed by atoms with Crippen molar-refractivity contribution in [3.05, 3.63) is 71.4 Å². The lowest BCUT2D eigenvalue weighted by Crippen LogP contribution is -2.17. The van der Waals surface area contributed by atoms with E-state index in [1.54, 1.807) is 0 Å². The van der Waals surface area contributed by atoms with Crippen LogP contribution in [-0.2, 0) is 4.79 Å². The van der Waals surface area contributed by atoms with Gasteiger partial charge >= 0.3 is 0 Å². The van der Waals surface area contributed by atoms with Gasteiger partial charge in [0, 0.05) is 5.69 Å². The van der Waals surface area contributed by atoms with Crippen molar-refractivity contribution >= 4 is 45.6 Å². The molecule has 0 fully saturated rings. The third-order valence-corrected chi connectivity index (χ3v) is 6.61. The first-order valence-electron chi connectivity index (χ1n) is 9.67. The van der Waals surface area contributed by atoms with Gasteiger partial charge in [0.2, 0.25) is 11.0 Å². The molecule has 0 atom stereocenters. The average molecular weight is 462 g/mol. The van der Waals surface area contributed by atoms with Crippen LogP contribution in [0.1, 0.15) is 16.7 Å². The molecule has 0 aliphatic carbocycles. The van der Waals surface area contributed by atoms with Gasteiger partial charge in [0.25, 0.3) is 0 Å². The number of aryl methyl sites for hydroxylation is 2. The molecule has 160 valence electrons. The fourth-order valence-corrected chi connectivity index (χ4v) is 4.44. The van der Waals surface area contributed by atoms with E-state index in [1.165, 1.54) is 45.1 Å². The Morgan fingerprint density at radius 1 is 1.16 bits per heavy atom. The Kier molecular flexibility index (Phi) is 6.49. The number of hydrogen-bond donors (Lipinski definition) is 2. The number of carbonyl (C=O) groups excluding carboxylic acids is 1. The molecule has 0 unspecified atom stereocenters. The van der Waals surface area contributed by atoms with Crippen LogP contribution in [0, 0.1) is 25.2 Å². The minimum absolute atomic E-state index is 0.128. The number of nitrogens with zero attached hydrogens (tertiary/aromatic N) is 5. The topological polar surface area (TPSA) is 109 Å². The van der Waals surface area contributed by atoms with Crippen LogP contribution >= 0.6 is 23.1 Å². The summed E-state index contributed by atoms with van der Waals surface area (Å²) in [5, 5.41) is 28.6. The second-order valence-electron chi connectivity index (χ2n) is 6.90. The fourth-order valence-electron chi connectivity index (χ4n) is 2.87. The highest BCUT2D eigenvalue weighted by Crippen LogP contribution is 2.28. The molecule has 0 aliphatic heterocycles. The average Bonchev–Trinajstić information content (AvgIpc) is 3.42. The quantitative estimate of drug-likeness (QED) is 0.384. The van der Waals surface area contributed by atoms with E-state index in [0.29, 0.717) is 20.9 Å². The van der Waals surface area contributed by atoms with Gasteiger partial charge < -0.3 is 10.6 Å². The van der Waals surface area contributed by atoms with E-state index >= 15 is 0 Å². The smallest absolute Gasteiger partial charge is 0.236 e. The zero-order valence-corrected chi connectivity index (χ0v) is 19.0. The number of thioether (sulfide) groups is 1. The number of anilines is 3. The number of amides is 1. The monoisotopic (exact) mass is 461 g/mol. The summed E-state index contributed by atoms with van der Waals surface area (Å²) in [4.78, 5) is 12.6. The summed E-state index contributed by atoms with van der Waals surface area (Å²) >= 11 is 2.66. The molecule has 32 heavy (non-hydrogen) atoms. The second kappa shape index (κ2) is 9.64. The Hall–Kier alpha value is -3.68. The van der Waals surface area contributed by atoms with E-state index in [2.05, 4.69) is 51.9 Å². The first-order chi connectivity index (χ1) is 15.5. The maximum atomic E-state index is 12.6. The van der Waals surface area contributed by atoms with Gasteiger partial charge in [0.1, 0.15) is 11.6 Å². The van der Waals surface area contributed by atoms with E-state index in [0.717, 1.165) is 11.4 Å². The molecule has 0 spiro atoms. The first-order valence-corrected chi connectivity index (χ1v) is 11.5. The first kappa shape index (κ1) is 21.5. The summed E-state index contributed by atoms with van der Waals surface area (Å²) in [6.45, 7) is 4.12. The van der Waals surface area contributed by atoms with Crippen molar-refractivity contribution < 1.29 is 4.79 Å². The zero-order valence-electron chi connectivity index (χ0n) is 17.4. The molecule has 1 amide bonds. The molecule has 2 aromatic carbocycles. The highest BCUT2D eigenvalue weighted by Gasteiger charge is 2.16. The number of nitriles is 1. The lowest BCUT2D eigenvalue weighted by molar-refractivity contribution is -0.113. The molecule has 2 N–H and O–H groups in total. The molecular weight excluding hydrogens is 442 g/mol. The highest BCUT2D eigenvalue weighted by molar-refractivity contribution is 8.01. The summed E-state index contributed by atoms with van der Waals surface area (Å²) in [7, 11) is 0. The SMILES string of the molecule is Cc1ccc(Nc2nnc(SCC(=O)Nc3c(C#N)cnn3-c3ccccc3)s2)cc1C. The fraction of sp³-hybridized carbons (Fsp3) is 0.136. The standard InChI is InChI=1S/C22H19N7OS2/c1-14-8-9-17(10-15(14)2)25-21-27-28-22(32-21)31-13-19(30)26-20-16(11-23)12-24-29(20)18-6-4-3-5-7-18/h3-10,12H,13H2,1-2H3,(H,25,27)(H,26,30). The Morgan fingerprint density at radius 2 is 1.97 bits per heavy atom. The minimum Gasteiger partial charge on any atom is -0.330 e. The molecule has 8 nitrogen and oxygen atoms in total. The number of nitrogens with one attached hydrogen (secondary N) is 2. The van der Waals surface area contributed by atoms with E-state index in [1.807, 2.05) is 42.5 Å². The summed E-state index contributed by atoms with van der Waals surface area (Å²) in [6.07, 6.45) is 1.44. The van der Waals surface area contributed by atoms with Gasteiger partial charge in [0.05, 0.1) is 17.6 Å². The van der Waals surface area contributed by atoms with Crippen molar-refractivity contribution in [3.63, 3.8) is 0 Å². The van der Waals surface area contributed by atoms with Crippen molar-refractivity contribution in [2.24, 2.45) is 0 Å². The molecular formula is C22H19N7OS2. The maximum absolute atomic E-state index is 12.6. The summed E-state index contributed by atoms with van der Waals surface area (Å²) in [5.41, 5.74) is 4.41. The number of benzene rings is 2. The molecule has 2 heterocycles. The molecule has 0 saturated carbocycles. The van der Waals surface area contributed by atoms with E-state index < -0.39 is 0 Å². The lowest BCUT2D eigenvalue weighted by atomic mass is 10.1. The third kappa shape index (κ3) is 4.96. The Morgan fingerprint density at radius 3 is 2.72 bits per heavy atom. The van der Waals surface area contributed by atoms with E-state index in [4.69, 9.17) is 0 Å². The third-order valence-electron chi connectivity index (χ3n) is 4.64. The maximum Gasteiger partial charge on any atom is 0.236 e. The summed E-state index contributed by atoms with van der Waals surface area (Å²) in [6, 6.07) is 17.5. The van der Waals surface area contributed by atoms with Crippen LogP contribution in [0.5, 0.6) is 0 Å². The summed E-state index contributed by atoms with van der Waals surface area (Å²) < 4.78 is 2.21. The molecule has 0 radical (unpaired) electrons. The van der Waals surface area contributed by atoms with Crippen LogP contribution in [0.2, 0.25) is 0 Å². The molecule has 0 saturated heterocycles. The van der Waals surface area contributed by atoms with Crippen molar-refractivity contribution in [2.75, 3.05) is 16.4 Å². The largest absolute Gasteiger partial charge is 0.330 e. The molecule has 4 rings (SSSR count). The number of rotatable bonds is 7. The normalized spacial score (nSPS) is 10.5. The molecule has 0 aliphatic rings. The second-order valence-corrected chi connectivity index (χ2v) is 9.10. The molecule has 2 aromatic heterocycles. The Balaban J connectivity index is 1.39. The van der Waals surface area contributed by atoms with Gasteiger partial charge in [0.15, 0.2) is 10.2 Å². The molecule has 0 bridgehead atoms. The zero-order chi connectivity index (χ0) is 22.5. The highest BCUT2D eigenvalue weighted by atomic mass is 32.2. The molecule has 4 aromatic rings. The van der Waals surface area contributed by atoms with Gasteiger partial charge in [-0.05, 0) is 49.2 Å². The number of hydrogen-bond acceptors (Lipinski definition) is 8. The van der Waals surface area contributed by atoms with Crippen LogP contribution in [0.15, 0.2) is 59.1 Å². The van der Waals surface area contributed by atoms with Crippen molar-refractivity contribution in [1.82, 2.24) is 20.0 Å². The van der Waals surface area contributed by atoms with Crippen molar-refractivity contribution in [3.8, 4) is 11.8 Å². The van der Waals surface area contributed by atoms with Gasteiger partial charge in [-0.25, -0.2) is 4.68 Å². The lowest BCUT2D eigenvalue weighted by Gasteiger charge is -2.09. The van der Waals surface area contributed by atoms with Crippen LogP contribution in [-0.4, -0.2) is 31.6 Å². The van der Waals surface area contributed by atoms with Gasteiger partial charge in [-0.15, -0.1) is 10.2 Å². The number of carbonyl (C=O) groups is 1. The van der Waals surface area contributed by atoms with Crippen molar-refractivity contribution in [1.29, 1.82) is 5.26 Å². The van der Waals surface area contributed by atoms with Gasteiger partial charge in [-0.1, -0.05) is 47.4 Å². The summed E-state index contributed by atoms with van der Waals surface area (Å²) in [5.74, 6) is 0.213. The van der Waals surface area contributed by atoms with E-state index in [9.17, 15) is 10.1 Å². The Labute approximate surface area is 193 Å². The van der Waals surface area contributed by atoms with Crippen LogP contribution in [0.4, 0.5) is 16.6 Å². The van der Waals surface area contributed by atoms with Crippen LogP contribution in [0.3, 0.4) is 0 Å². The minimum atomic E-state index is -0.261. The van der Waals surface area contributed by atoms with Gasteiger partial charge in [-0.3, -0.25) is 4.79 Å². The number of aromatic nitrogens is 4. The van der Waals surface area contributed by atoms with Crippen molar-refractivity contribution in [2.45, 2.75) is 18.2 Å². The predicted molar refractivity (Wildman–Crippen MR) is 127 cm³/mol. The van der Waals surface area contributed by atoms with Crippen LogP contribution < -0.4 is 10.6 Å². The molecule has 10 heteroatoms. The predicted octanol–water partition coefficient (Wildman–Crippen LogP) is 4.69. The van der Waals surface area contributed by atoms with Crippen LogP contribution in [0.25, 0.3) is 5.69 Å². The van der Waals surface area contributed by atoms with E-state index in [-0.39, 0.29) is 11.7 Å². The number of para-hydroxylation sites is 1. The Bertz CT molecular complexity index is 1290.